The molecule has 3 aromatic carbocycles. The van der Waals surface area contributed by atoms with Crippen molar-refractivity contribution in [1.82, 2.24) is 4.98 Å². The van der Waals surface area contributed by atoms with Gasteiger partial charge in [0.1, 0.15) is 12.2 Å². The second kappa shape index (κ2) is 7.12. The lowest BCUT2D eigenvalue weighted by molar-refractivity contribution is 0.0476. The number of aryl methyl sites for hydroxylation is 1. The smallest absolute Gasteiger partial charge is 0.339 e. The van der Waals surface area contributed by atoms with E-state index in [-0.39, 0.29) is 6.61 Å². The molecular formula is C25H17NO4. The highest BCUT2D eigenvalue weighted by molar-refractivity contribution is 6.07. The number of aromatic nitrogens is 1. The van der Waals surface area contributed by atoms with Gasteiger partial charge in [0.15, 0.2) is 0 Å². The van der Waals surface area contributed by atoms with Crippen LogP contribution in [0.5, 0.6) is 0 Å². The van der Waals surface area contributed by atoms with E-state index in [1.807, 2.05) is 61.5 Å². The van der Waals surface area contributed by atoms with E-state index in [4.69, 9.17) is 9.15 Å². The summed E-state index contributed by atoms with van der Waals surface area (Å²) in [4.78, 5) is 29.4. The molecule has 0 radical (unpaired) electrons. The summed E-state index contributed by atoms with van der Waals surface area (Å²) in [6.07, 6.45) is 0. The molecular weight excluding hydrogens is 378 g/mol. The number of nitrogens with zero attached hydrogens (tertiary/aromatic N) is 1. The summed E-state index contributed by atoms with van der Waals surface area (Å²) in [5.74, 6) is -0.460. The highest BCUT2D eigenvalue weighted by atomic mass is 16.5. The topological polar surface area (TPSA) is 69.4 Å². The van der Waals surface area contributed by atoms with Gasteiger partial charge in [-0.3, -0.25) is 4.98 Å². The van der Waals surface area contributed by atoms with Gasteiger partial charge in [-0.1, -0.05) is 48.5 Å². The van der Waals surface area contributed by atoms with Crippen LogP contribution < -0.4 is 5.63 Å². The number of benzene rings is 3. The largest absolute Gasteiger partial charge is 0.457 e. The molecule has 0 spiro atoms. The monoisotopic (exact) mass is 395 g/mol. The van der Waals surface area contributed by atoms with Gasteiger partial charge in [-0.15, -0.1) is 0 Å². The third kappa shape index (κ3) is 3.10. The molecule has 5 nitrogen and oxygen atoms in total. The molecule has 0 fully saturated rings. The van der Waals surface area contributed by atoms with Crippen molar-refractivity contribution in [3.63, 3.8) is 0 Å². The summed E-state index contributed by atoms with van der Waals surface area (Å²) in [6.45, 7) is 1.80. The number of ether oxygens (including phenoxy) is 1. The fourth-order valence-electron chi connectivity index (χ4n) is 3.83. The summed E-state index contributed by atoms with van der Waals surface area (Å²) in [5.41, 5.74) is 2.53. The number of hydrogen-bond donors (Lipinski definition) is 0. The molecule has 0 unspecified atom stereocenters. The normalized spacial score (nSPS) is 11.2. The van der Waals surface area contributed by atoms with Gasteiger partial charge in [0.2, 0.25) is 0 Å². The molecule has 0 amide bonds. The molecule has 0 aliphatic heterocycles. The van der Waals surface area contributed by atoms with Crippen LogP contribution in [0.3, 0.4) is 0 Å². The predicted octanol–water partition coefficient (Wildman–Crippen LogP) is 5.16. The first-order chi connectivity index (χ1) is 14.6. The molecule has 5 aromatic rings. The Morgan fingerprint density at radius 1 is 0.967 bits per heavy atom. The lowest BCUT2D eigenvalue weighted by atomic mass is 10.0. The standard InChI is InChI=1S/C25H17NO4/c1-15-12-20(19-8-4-5-9-21(19)26-15)25(28)29-14-17-13-23(27)30-22-11-10-16-6-2-3-7-18(16)24(17)22/h2-13H,14H2,1H3. The average molecular weight is 395 g/mol. The lowest BCUT2D eigenvalue weighted by Crippen LogP contribution is -2.09. The maximum absolute atomic E-state index is 12.9. The minimum Gasteiger partial charge on any atom is -0.457 e. The Kier molecular flexibility index (Phi) is 4.29. The minimum absolute atomic E-state index is 0.0371. The van der Waals surface area contributed by atoms with E-state index in [2.05, 4.69) is 4.98 Å². The van der Waals surface area contributed by atoms with Crippen molar-refractivity contribution in [2.75, 3.05) is 0 Å². The quantitative estimate of drug-likeness (QED) is 0.240. The molecule has 0 bridgehead atoms. The number of carbonyl (C=O) groups excluding carboxylic acids is 1. The van der Waals surface area contributed by atoms with Crippen molar-refractivity contribution < 1.29 is 13.9 Å². The number of hydrogen-bond acceptors (Lipinski definition) is 5. The van der Waals surface area contributed by atoms with Crippen LogP contribution >= 0.6 is 0 Å². The van der Waals surface area contributed by atoms with E-state index < -0.39 is 11.6 Å². The molecule has 0 N–H and O–H groups in total. The molecule has 0 saturated heterocycles. The number of esters is 1. The van der Waals surface area contributed by atoms with Gasteiger partial charge in [0, 0.05) is 28.1 Å². The third-order valence-corrected chi connectivity index (χ3v) is 5.14. The molecule has 2 heterocycles. The van der Waals surface area contributed by atoms with Gasteiger partial charge < -0.3 is 9.15 Å². The molecule has 0 aliphatic rings. The second-order valence-corrected chi connectivity index (χ2v) is 7.15. The second-order valence-electron chi connectivity index (χ2n) is 7.15. The van der Waals surface area contributed by atoms with Crippen LogP contribution in [-0.4, -0.2) is 11.0 Å². The molecule has 146 valence electrons. The maximum atomic E-state index is 12.9. The summed E-state index contributed by atoms with van der Waals surface area (Å²) in [7, 11) is 0. The Morgan fingerprint density at radius 2 is 1.73 bits per heavy atom. The van der Waals surface area contributed by atoms with Crippen molar-refractivity contribution in [2.45, 2.75) is 13.5 Å². The highest BCUT2D eigenvalue weighted by Crippen LogP contribution is 2.28. The first kappa shape index (κ1) is 18.1. The van der Waals surface area contributed by atoms with Gasteiger partial charge >= 0.3 is 11.6 Å². The summed E-state index contributed by atoms with van der Waals surface area (Å²) in [5, 5.41) is 3.46. The summed E-state index contributed by atoms with van der Waals surface area (Å²) >= 11 is 0. The Bertz CT molecular complexity index is 1500. The Labute approximate surface area is 171 Å². The first-order valence-electron chi connectivity index (χ1n) is 9.58. The highest BCUT2D eigenvalue weighted by Gasteiger charge is 2.16. The van der Waals surface area contributed by atoms with Crippen LogP contribution in [0.15, 0.2) is 82.0 Å². The van der Waals surface area contributed by atoms with Crippen molar-refractivity contribution >= 4 is 38.6 Å². The summed E-state index contributed by atoms with van der Waals surface area (Å²) in [6, 6.07) is 22.0. The van der Waals surface area contributed by atoms with Gasteiger partial charge in [-0.2, -0.15) is 0 Å². The van der Waals surface area contributed by atoms with Crippen molar-refractivity contribution in [2.24, 2.45) is 0 Å². The Balaban J connectivity index is 1.57. The van der Waals surface area contributed by atoms with Crippen LogP contribution in [0.2, 0.25) is 0 Å². The van der Waals surface area contributed by atoms with Gasteiger partial charge in [0.05, 0.1) is 11.1 Å². The van der Waals surface area contributed by atoms with E-state index in [0.717, 1.165) is 32.8 Å². The van der Waals surface area contributed by atoms with Crippen LogP contribution in [0.25, 0.3) is 32.6 Å². The zero-order valence-corrected chi connectivity index (χ0v) is 16.2. The van der Waals surface area contributed by atoms with Gasteiger partial charge in [-0.25, -0.2) is 9.59 Å². The van der Waals surface area contributed by atoms with E-state index in [0.29, 0.717) is 16.7 Å². The Morgan fingerprint density at radius 3 is 2.60 bits per heavy atom. The van der Waals surface area contributed by atoms with Crippen LogP contribution in [0, 0.1) is 6.92 Å². The van der Waals surface area contributed by atoms with E-state index >= 15 is 0 Å². The fraction of sp³-hybridized carbons (Fsp3) is 0.0800. The van der Waals surface area contributed by atoms with Gasteiger partial charge in [-0.05, 0) is 35.9 Å². The Hall–Kier alpha value is -3.99. The molecule has 0 atom stereocenters. The molecule has 0 aliphatic carbocycles. The number of para-hydroxylation sites is 1. The lowest BCUT2D eigenvalue weighted by Gasteiger charge is -2.11. The first-order valence-corrected chi connectivity index (χ1v) is 9.58. The van der Waals surface area contributed by atoms with Crippen molar-refractivity contribution in [3.8, 4) is 0 Å². The summed E-state index contributed by atoms with van der Waals surface area (Å²) < 4.78 is 11.0. The third-order valence-electron chi connectivity index (χ3n) is 5.14. The van der Waals surface area contributed by atoms with Crippen molar-refractivity contribution in [3.05, 3.63) is 100 Å². The average Bonchev–Trinajstić information content (AvgIpc) is 2.76. The number of pyridine rings is 1. The van der Waals surface area contributed by atoms with E-state index in [9.17, 15) is 9.59 Å². The van der Waals surface area contributed by atoms with Crippen LogP contribution in [-0.2, 0) is 11.3 Å². The zero-order chi connectivity index (χ0) is 20.7. The molecule has 2 aromatic heterocycles. The van der Waals surface area contributed by atoms with Crippen LogP contribution in [0.1, 0.15) is 21.6 Å². The number of fused-ring (bicyclic) bond motifs is 4. The van der Waals surface area contributed by atoms with Gasteiger partial charge in [0.25, 0.3) is 0 Å². The molecule has 5 heteroatoms. The minimum atomic E-state index is -0.478. The molecule has 30 heavy (non-hydrogen) atoms. The molecule has 5 rings (SSSR count). The maximum Gasteiger partial charge on any atom is 0.339 e. The predicted molar refractivity (Wildman–Crippen MR) is 116 cm³/mol. The number of rotatable bonds is 3. The number of carbonyl (C=O) groups is 1. The van der Waals surface area contributed by atoms with E-state index in [1.165, 1.54) is 6.07 Å². The SMILES string of the molecule is Cc1cc(C(=O)OCc2cc(=O)oc3ccc4ccccc4c23)c2ccccc2n1. The fourth-order valence-corrected chi connectivity index (χ4v) is 3.83. The zero-order valence-electron chi connectivity index (χ0n) is 16.2. The van der Waals surface area contributed by atoms with E-state index in [1.54, 1.807) is 12.1 Å². The van der Waals surface area contributed by atoms with Crippen molar-refractivity contribution in [1.29, 1.82) is 0 Å². The van der Waals surface area contributed by atoms with Crippen LogP contribution in [0.4, 0.5) is 0 Å². The molecule has 0 saturated carbocycles.